The second-order valence-corrected chi connectivity index (χ2v) is 7.03. The van der Waals surface area contributed by atoms with Crippen LogP contribution >= 0.6 is 11.6 Å². The van der Waals surface area contributed by atoms with Crippen molar-refractivity contribution in [3.05, 3.63) is 53.2 Å². The molecule has 0 aliphatic carbocycles. The van der Waals surface area contributed by atoms with Gasteiger partial charge in [-0.2, -0.15) is 0 Å². The smallest absolute Gasteiger partial charge is 0.242 e. The molecule has 2 aromatic rings. The molecule has 1 aliphatic rings. The van der Waals surface area contributed by atoms with Crippen LogP contribution < -0.4 is 9.80 Å². The van der Waals surface area contributed by atoms with E-state index < -0.39 is 0 Å². The summed E-state index contributed by atoms with van der Waals surface area (Å²) < 4.78 is 0. The van der Waals surface area contributed by atoms with Crippen LogP contribution in [-0.4, -0.2) is 54.4 Å². The summed E-state index contributed by atoms with van der Waals surface area (Å²) in [4.78, 5) is 34.8. The van der Waals surface area contributed by atoms with Gasteiger partial charge in [-0.1, -0.05) is 23.7 Å². The SMILES string of the molecule is CC(=O)N(CC(=O)N1CCN(c2ccccn2)CC1)c1cc(Cl)ccc1C. The minimum Gasteiger partial charge on any atom is -0.353 e. The molecule has 0 atom stereocenters. The average molecular weight is 387 g/mol. The highest BCUT2D eigenvalue weighted by Gasteiger charge is 2.25. The molecule has 1 aromatic heterocycles. The first-order valence-corrected chi connectivity index (χ1v) is 9.31. The molecule has 6 nitrogen and oxygen atoms in total. The van der Waals surface area contributed by atoms with Gasteiger partial charge in [-0.3, -0.25) is 9.59 Å². The normalized spacial score (nSPS) is 14.2. The maximum absolute atomic E-state index is 12.8. The molecule has 1 fully saturated rings. The van der Waals surface area contributed by atoms with Crippen molar-refractivity contribution in [2.75, 3.05) is 42.5 Å². The van der Waals surface area contributed by atoms with Gasteiger partial charge in [0.25, 0.3) is 0 Å². The Morgan fingerprint density at radius 1 is 1.15 bits per heavy atom. The van der Waals surface area contributed by atoms with Crippen molar-refractivity contribution in [1.82, 2.24) is 9.88 Å². The molecule has 27 heavy (non-hydrogen) atoms. The third-order valence-corrected chi connectivity index (χ3v) is 4.98. The minimum absolute atomic E-state index is 0.0140. The average Bonchev–Trinajstić information content (AvgIpc) is 2.68. The van der Waals surface area contributed by atoms with Crippen molar-refractivity contribution in [3.8, 4) is 0 Å². The van der Waals surface area contributed by atoms with E-state index in [4.69, 9.17) is 11.6 Å². The second-order valence-electron chi connectivity index (χ2n) is 6.59. The van der Waals surface area contributed by atoms with Crippen LogP contribution in [-0.2, 0) is 9.59 Å². The Morgan fingerprint density at radius 2 is 1.89 bits per heavy atom. The number of benzene rings is 1. The van der Waals surface area contributed by atoms with Gasteiger partial charge in [0.2, 0.25) is 11.8 Å². The lowest BCUT2D eigenvalue weighted by Crippen LogP contribution is -2.52. The number of halogens is 1. The number of hydrogen-bond donors (Lipinski definition) is 0. The number of aromatic nitrogens is 1. The number of nitrogens with zero attached hydrogens (tertiary/aromatic N) is 4. The number of pyridine rings is 1. The summed E-state index contributed by atoms with van der Waals surface area (Å²) in [5.41, 5.74) is 1.58. The number of hydrogen-bond acceptors (Lipinski definition) is 4. The van der Waals surface area contributed by atoms with E-state index in [0.717, 1.165) is 24.5 Å². The van der Waals surface area contributed by atoms with Crippen LogP contribution in [0.4, 0.5) is 11.5 Å². The largest absolute Gasteiger partial charge is 0.353 e. The molecular formula is C20H23ClN4O2. The second kappa shape index (κ2) is 8.39. The van der Waals surface area contributed by atoms with Crippen molar-refractivity contribution < 1.29 is 9.59 Å². The lowest BCUT2D eigenvalue weighted by molar-refractivity contribution is -0.131. The number of carbonyl (C=O) groups is 2. The van der Waals surface area contributed by atoms with Crippen molar-refractivity contribution in [3.63, 3.8) is 0 Å². The standard InChI is InChI=1S/C20H23ClN4O2/c1-15-6-7-17(21)13-18(15)25(16(2)26)14-20(27)24-11-9-23(10-12-24)19-5-3-4-8-22-19/h3-8,13H,9-12,14H2,1-2H3. The summed E-state index contributed by atoms with van der Waals surface area (Å²) in [5, 5.41) is 0.540. The van der Waals surface area contributed by atoms with E-state index in [0.29, 0.717) is 23.8 Å². The van der Waals surface area contributed by atoms with Crippen LogP contribution in [0.2, 0.25) is 5.02 Å². The van der Waals surface area contributed by atoms with Crippen LogP contribution in [0.1, 0.15) is 12.5 Å². The molecule has 0 spiro atoms. The Balaban J connectivity index is 1.65. The van der Waals surface area contributed by atoms with Crippen LogP contribution in [0.15, 0.2) is 42.6 Å². The third-order valence-electron chi connectivity index (χ3n) is 4.74. The van der Waals surface area contributed by atoms with Gasteiger partial charge in [0, 0.05) is 50.0 Å². The highest BCUT2D eigenvalue weighted by Crippen LogP contribution is 2.25. The maximum Gasteiger partial charge on any atom is 0.242 e. The first kappa shape index (κ1) is 19.2. The quantitative estimate of drug-likeness (QED) is 0.810. The van der Waals surface area contributed by atoms with Crippen molar-refractivity contribution in [1.29, 1.82) is 0 Å². The van der Waals surface area contributed by atoms with Gasteiger partial charge < -0.3 is 14.7 Å². The first-order chi connectivity index (χ1) is 13.0. The molecular weight excluding hydrogens is 364 g/mol. The Labute approximate surface area is 164 Å². The Bertz CT molecular complexity index is 820. The van der Waals surface area contributed by atoms with Gasteiger partial charge in [0.1, 0.15) is 12.4 Å². The van der Waals surface area contributed by atoms with Gasteiger partial charge in [-0.25, -0.2) is 4.98 Å². The number of piperazine rings is 1. The minimum atomic E-state index is -0.180. The third kappa shape index (κ3) is 4.57. The van der Waals surface area contributed by atoms with Crippen molar-refractivity contribution >= 4 is 34.9 Å². The van der Waals surface area contributed by atoms with Gasteiger partial charge in [-0.05, 0) is 36.8 Å². The van der Waals surface area contributed by atoms with E-state index in [1.807, 2.05) is 31.2 Å². The molecule has 2 heterocycles. The van der Waals surface area contributed by atoms with Crippen molar-refractivity contribution in [2.45, 2.75) is 13.8 Å². The molecule has 7 heteroatoms. The fourth-order valence-corrected chi connectivity index (χ4v) is 3.37. The number of carbonyl (C=O) groups excluding carboxylic acids is 2. The van der Waals surface area contributed by atoms with E-state index in [1.54, 1.807) is 23.2 Å². The lowest BCUT2D eigenvalue weighted by atomic mass is 10.1. The number of amides is 2. The molecule has 1 saturated heterocycles. The predicted molar refractivity (Wildman–Crippen MR) is 107 cm³/mol. The van der Waals surface area contributed by atoms with Gasteiger partial charge in [0.05, 0.1) is 0 Å². The highest BCUT2D eigenvalue weighted by molar-refractivity contribution is 6.31. The number of anilines is 2. The van der Waals surface area contributed by atoms with E-state index in [2.05, 4.69) is 9.88 Å². The van der Waals surface area contributed by atoms with Crippen molar-refractivity contribution in [2.24, 2.45) is 0 Å². The summed E-state index contributed by atoms with van der Waals surface area (Å²) >= 11 is 6.08. The van der Waals surface area contributed by atoms with Gasteiger partial charge in [0.15, 0.2) is 0 Å². The fraction of sp³-hybridized carbons (Fsp3) is 0.350. The molecule has 2 amide bonds. The summed E-state index contributed by atoms with van der Waals surface area (Å²) in [7, 11) is 0. The van der Waals surface area contributed by atoms with Gasteiger partial charge >= 0.3 is 0 Å². The van der Waals surface area contributed by atoms with E-state index in [1.165, 1.54) is 11.8 Å². The summed E-state index contributed by atoms with van der Waals surface area (Å²) in [6.45, 7) is 6.04. The fourth-order valence-electron chi connectivity index (χ4n) is 3.20. The molecule has 0 N–H and O–H groups in total. The van der Waals surface area contributed by atoms with Crippen LogP contribution in [0.3, 0.4) is 0 Å². The van der Waals surface area contributed by atoms with E-state index in [-0.39, 0.29) is 18.4 Å². The summed E-state index contributed by atoms with van der Waals surface area (Å²) in [6.07, 6.45) is 1.77. The molecule has 0 radical (unpaired) electrons. The maximum atomic E-state index is 12.8. The number of rotatable bonds is 4. The first-order valence-electron chi connectivity index (χ1n) is 8.93. The van der Waals surface area contributed by atoms with Crippen LogP contribution in [0, 0.1) is 6.92 Å². The zero-order valence-electron chi connectivity index (χ0n) is 15.6. The zero-order valence-corrected chi connectivity index (χ0v) is 16.3. The van der Waals surface area contributed by atoms with Gasteiger partial charge in [-0.15, -0.1) is 0 Å². The Morgan fingerprint density at radius 3 is 2.52 bits per heavy atom. The van der Waals surface area contributed by atoms with Crippen LogP contribution in [0.5, 0.6) is 0 Å². The Kier molecular flexibility index (Phi) is 5.96. The summed E-state index contributed by atoms with van der Waals surface area (Å²) in [6, 6.07) is 11.2. The molecule has 0 unspecified atom stereocenters. The molecule has 1 aromatic carbocycles. The molecule has 1 aliphatic heterocycles. The monoisotopic (exact) mass is 386 g/mol. The Hall–Kier alpha value is -2.60. The van der Waals surface area contributed by atoms with E-state index in [9.17, 15) is 9.59 Å². The molecule has 0 bridgehead atoms. The van der Waals surface area contributed by atoms with Crippen LogP contribution in [0.25, 0.3) is 0 Å². The summed E-state index contributed by atoms with van der Waals surface area (Å²) in [5.74, 6) is 0.676. The topological polar surface area (TPSA) is 56.8 Å². The molecule has 142 valence electrons. The predicted octanol–water partition coefficient (Wildman–Crippen LogP) is 2.75. The van der Waals surface area contributed by atoms with E-state index >= 15 is 0 Å². The molecule has 3 rings (SSSR count). The lowest BCUT2D eigenvalue weighted by Gasteiger charge is -2.36. The highest BCUT2D eigenvalue weighted by atomic mass is 35.5. The zero-order chi connectivity index (χ0) is 19.4. The number of aryl methyl sites for hydroxylation is 1. The molecule has 0 saturated carbocycles.